The first-order valence-electron chi connectivity index (χ1n) is 9.44. The number of aliphatic hydroxyl groups is 3. The summed E-state index contributed by atoms with van der Waals surface area (Å²) in [6.45, 7) is 1.96. The molecule has 160 valence electrons. The molecule has 0 amide bonds. The Bertz CT molecular complexity index is 560. The molecule has 1 aliphatic heterocycles. The van der Waals surface area contributed by atoms with Gasteiger partial charge < -0.3 is 25.0 Å². The van der Waals surface area contributed by atoms with Crippen molar-refractivity contribution in [2.24, 2.45) is 0 Å². The Morgan fingerprint density at radius 1 is 1.04 bits per heavy atom. The van der Waals surface area contributed by atoms with Gasteiger partial charge in [-0.05, 0) is 30.5 Å². The van der Waals surface area contributed by atoms with Crippen LogP contribution in [0.4, 0.5) is 5.69 Å². The van der Waals surface area contributed by atoms with E-state index >= 15 is 0 Å². The average molecular weight is 437 g/mol. The lowest BCUT2D eigenvalue weighted by Crippen LogP contribution is -2.58. The maximum atomic E-state index is 10.1. The molecule has 0 bridgehead atoms. The number of ether oxygens (including phenoxy) is 1. The normalized spacial score (nSPS) is 25.2. The molecule has 1 unspecified atom stereocenters. The molecule has 7 nitrogen and oxygen atoms in total. The van der Waals surface area contributed by atoms with E-state index in [-0.39, 0.29) is 6.61 Å². The molecule has 4 atom stereocenters. The Hall–Kier alpha value is -0.640. The van der Waals surface area contributed by atoms with Crippen LogP contribution in [0.5, 0.6) is 0 Å². The number of benzene rings is 1. The van der Waals surface area contributed by atoms with Crippen molar-refractivity contribution in [1.82, 2.24) is 5.06 Å². The van der Waals surface area contributed by atoms with Crippen LogP contribution >= 0.6 is 23.2 Å². The Morgan fingerprint density at radius 2 is 1.68 bits per heavy atom. The van der Waals surface area contributed by atoms with E-state index in [1.165, 1.54) is 17.7 Å². The largest absolute Gasteiger partial charge is 0.388 e. The number of rotatable bonds is 11. The lowest BCUT2D eigenvalue weighted by Gasteiger charge is -2.40. The number of halogens is 2. The van der Waals surface area contributed by atoms with Crippen LogP contribution in [-0.2, 0) is 16.0 Å². The molecule has 0 saturated carbocycles. The van der Waals surface area contributed by atoms with Gasteiger partial charge in [-0.2, -0.15) is 5.06 Å². The molecule has 9 heteroatoms. The summed E-state index contributed by atoms with van der Waals surface area (Å²) >= 11 is 11.7. The molecule has 3 N–H and O–H groups in total. The smallest absolute Gasteiger partial charge is 0.161 e. The van der Waals surface area contributed by atoms with Crippen molar-refractivity contribution >= 4 is 28.9 Å². The number of aliphatic hydroxyl groups excluding tert-OH is 3. The SMILES string of the molecule is CON(CCCc1ccc(N(CCCl)CCCl)cc1)C1OC[C@@H](O)[C@@H](O)[C@@H]1O. The van der Waals surface area contributed by atoms with Crippen LogP contribution in [0.15, 0.2) is 24.3 Å². The number of hydroxylamine groups is 2. The van der Waals surface area contributed by atoms with Crippen LogP contribution in [0, 0.1) is 0 Å². The molecule has 0 spiro atoms. The van der Waals surface area contributed by atoms with E-state index in [1.54, 1.807) is 0 Å². The van der Waals surface area contributed by atoms with Crippen LogP contribution in [0.2, 0.25) is 0 Å². The fraction of sp³-hybridized carbons (Fsp3) is 0.684. The molecule has 2 rings (SSSR count). The van der Waals surface area contributed by atoms with Crippen LogP contribution in [0.3, 0.4) is 0 Å². The quantitative estimate of drug-likeness (QED) is 0.355. The first kappa shape index (κ1) is 23.6. The molecule has 1 aromatic rings. The van der Waals surface area contributed by atoms with Gasteiger partial charge in [0.1, 0.15) is 18.3 Å². The summed E-state index contributed by atoms with van der Waals surface area (Å²) < 4.78 is 5.43. The van der Waals surface area contributed by atoms with Gasteiger partial charge in [0, 0.05) is 37.1 Å². The summed E-state index contributed by atoms with van der Waals surface area (Å²) in [5.74, 6) is 1.10. The van der Waals surface area contributed by atoms with E-state index in [9.17, 15) is 15.3 Å². The molecule has 0 aliphatic carbocycles. The van der Waals surface area contributed by atoms with E-state index < -0.39 is 24.5 Å². The van der Waals surface area contributed by atoms with Crippen LogP contribution in [-0.4, -0.2) is 90.0 Å². The minimum absolute atomic E-state index is 0.0503. The molecule has 1 aliphatic rings. The van der Waals surface area contributed by atoms with Gasteiger partial charge in [0.2, 0.25) is 0 Å². The van der Waals surface area contributed by atoms with Gasteiger partial charge in [-0.1, -0.05) is 12.1 Å². The summed E-state index contributed by atoms with van der Waals surface area (Å²) in [4.78, 5) is 7.46. The summed E-state index contributed by atoms with van der Waals surface area (Å²) in [6, 6.07) is 8.28. The highest BCUT2D eigenvalue weighted by molar-refractivity contribution is 6.18. The zero-order chi connectivity index (χ0) is 20.5. The van der Waals surface area contributed by atoms with Crippen molar-refractivity contribution in [3.8, 4) is 0 Å². The third-order valence-corrected chi connectivity index (χ3v) is 5.18. The number of hydrogen-bond donors (Lipinski definition) is 3. The lowest BCUT2D eigenvalue weighted by molar-refractivity contribution is -0.305. The third-order valence-electron chi connectivity index (χ3n) is 4.85. The summed E-state index contributed by atoms with van der Waals surface area (Å²) in [6.07, 6.45) is -2.82. The fourth-order valence-electron chi connectivity index (χ4n) is 3.25. The van der Waals surface area contributed by atoms with Crippen molar-refractivity contribution in [3.05, 3.63) is 29.8 Å². The molecule has 1 aromatic carbocycles. The minimum Gasteiger partial charge on any atom is -0.388 e. The van der Waals surface area contributed by atoms with E-state index in [4.69, 9.17) is 32.8 Å². The maximum absolute atomic E-state index is 10.1. The highest BCUT2D eigenvalue weighted by atomic mass is 35.5. The van der Waals surface area contributed by atoms with Gasteiger partial charge in [-0.25, -0.2) is 0 Å². The van der Waals surface area contributed by atoms with Gasteiger partial charge >= 0.3 is 0 Å². The minimum atomic E-state index is -1.26. The molecular weight excluding hydrogens is 407 g/mol. The van der Waals surface area contributed by atoms with Gasteiger partial charge in [0.15, 0.2) is 6.23 Å². The highest BCUT2D eigenvalue weighted by Gasteiger charge is 2.40. The molecule has 1 saturated heterocycles. The topological polar surface area (TPSA) is 85.6 Å². The monoisotopic (exact) mass is 436 g/mol. The first-order chi connectivity index (χ1) is 13.5. The van der Waals surface area contributed by atoms with E-state index in [0.717, 1.165) is 31.6 Å². The van der Waals surface area contributed by atoms with E-state index in [2.05, 4.69) is 29.2 Å². The zero-order valence-electron chi connectivity index (χ0n) is 16.1. The van der Waals surface area contributed by atoms with Crippen molar-refractivity contribution in [3.63, 3.8) is 0 Å². The van der Waals surface area contributed by atoms with Crippen molar-refractivity contribution in [2.45, 2.75) is 37.4 Å². The second-order valence-corrected chi connectivity index (χ2v) is 7.49. The number of hydrogen-bond acceptors (Lipinski definition) is 7. The number of anilines is 1. The summed E-state index contributed by atoms with van der Waals surface area (Å²) in [7, 11) is 1.49. The molecule has 28 heavy (non-hydrogen) atoms. The Morgan fingerprint density at radius 3 is 2.25 bits per heavy atom. The summed E-state index contributed by atoms with van der Waals surface area (Å²) in [5.41, 5.74) is 2.27. The second-order valence-electron chi connectivity index (χ2n) is 6.73. The van der Waals surface area contributed by atoms with Gasteiger partial charge in [-0.15, -0.1) is 23.2 Å². The average Bonchev–Trinajstić information content (AvgIpc) is 2.71. The van der Waals surface area contributed by atoms with Crippen molar-refractivity contribution in [2.75, 3.05) is 50.0 Å². The lowest BCUT2D eigenvalue weighted by atomic mass is 10.0. The van der Waals surface area contributed by atoms with Gasteiger partial charge in [-0.3, -0.25) is 4.84 Å². The maximum Gasteiger partial charge on any atom is 0.161 e. The molecule has 1 fully saturated rings. The Kier molecular flexibility index (Phi) is 10.3. The van der Waals surface area contributed by atoms with E-state index in [0.29, 0.717) is 18.3 Å². The molecule has 1 heterocycles. The van der Waals surface area contributed by atoms with Crippen LogP contribution in [0.25, 0.3) is 0 Å². The first-order valence-corrected chi connectivity index (χ1v) is 10.5. The number of nitrogens with zero attached hydrogens (tertiary/aromatic N) is 2. The predicted molar refractivity (Wildman–Crippen MR) is 110 cm³/mol. The Balaban J connectivity index is 1.86. The van der Waals surface area contributed by atoms with Crippen molar-refractivity contribution < 1.29 is 24.9 Å². The van der Waals surface area contributed by atoms with Crippen molar-refractivity contribution in [1.29, 1.82) is 0 Å². The van der Waals surface area contributed by atoms with Crippen LogP contribution < -0.4 is 4.90 Å². The van der Waals surface area contributed by atoms with Gasteiger partial charge in [0.25, 0.3) is 0 Å². The van der Waals surface area contributed by atoms with E-state index in [1.807, 2.05) is 0 Å². The second kappa shape index (κ2) is 12.1. The van der Waals surface area contributed by atoms with Gasteiger partial charge in [0.05, 0.1) is 13.7 Å². The standard InChI is InChI=1S/C19H30Cl2N2O5/c1-27-23(19-18(26)17(25)16(24)13-28-19)10-2-3-14-4-6-15(7-5-14)22(11-8-20)12-9-21/h4-7,16-19,24-26H,2-3,8-13H2,1H3/t16-,17-,18+,19?/m1/s1. The Labute approximate surface area is 176 Å². The fourth-order valence-corrected chi connectivity index (χ4v) is 3.66. The third kappa shape index (κ3) is 6.43. The molecule has 0 radical (unpaired) electrons. The highest BCUT2D eigenvalue weighted by Crippen LogP contribution is 2.20. The predicted octanol–water partition coefficient (Wildman–Crippen LogP) is 1.21. The zero-order valence-corrected chi connectivity index (χ0v) is 17.6. The van der Waals surface area contributed by atoms with Crippen LogP contribution in [0.1, 0.15) is 12.0 Å². The number of aryl methyl sites for hydroxylation is 1. The molecule has 0 aromatic heterocycles. The number of alkyl halides is 2. The summed E-state index contributed by atoms with van der Waals surface area (Å²) in [5, 5.41) is 31.0. The molecular formula is C19H30Cl2N2O5.